The first-order valence-electron chi connectivity index (χ1n) is 9.68. The van der Waals surface area contributed by atoms with Crippen LogP contribution in [0.2, 0.25) is 0 Å². The zero-order valence-electron chi connectivity index (χ0n) is 16.3. The lowest BCUT2D eigenvalue weighted by Crippen LogP contribution is -2.48. The molecule has 1 fully saturated rings. The third kappa shape index (κ3) is 3.37. The molecule has 1 amide bonds. The van der Waals surface area contributed by atoms with Crippen molar-refractivity contribution in [2.24, 2.45) is 0 Å². The van der Waals surface area contributed by atoms with Gasteiger partial charge in [-0.3, -0.25) is 4.79 Å². The second kappa shape index (κ2) is 7.20. The average molecular weight is 361 g/mol. The smallest absolute Gasteiger partial charge is 0.227 e. The third-order valence-corrected chi connectivity index (χ3v) is 5.75. The second-order valence-electron chi connectivity index (χ2n) is 7.61. The molecule has 140 valence electrons. The summed E-state index contributed by atoms with van der Waals surface area (Å²) in [6.07, 6.45) is 0.456. The Hall–Kier alpha value is -2.59. The number of carbonyl (C=O) groups excluding carboxylic acids is 1. The van der Waals surface area contributed by atoms with Gasteiger partial charge in [0.15, 0.2) is 0 Å². The van der Waals surface area contributed by atoms with Crippen LogP contribution in [0.5, 0.6) is 0 Å². The maximum Gasteiger partial charge on any atom is 0.227 e. The summed E-state index contributed by atoms with van der Waals surface area (Å²) < 4.78 is 0. The number of nitrogens with zero attached hydrogens (tertiary/aromatic N) is 1. The van der Waals surface area contributed by atoms with E-state index < -0.39 is 0 Å². The summed E-state index contributed by atoms with van der Waals surface area (Å²) in [4.78, 5) is 18.6. The molecule has 4 heteroatoms. The van der Waals surface area contributed by atoms with E-state index in [1.807, 2.05) is 11.0 Å². The molecule has 4 rings (SSSR count). The van der Waals surface area contributed by atoms with Crippen LogP contribution in [0.4, 0.5) is 0 Å². The number of fused-ring (bicyclic) bond motifs is 1. The van der Waals surface area contributed by atoms with Gasteiger partial charge in [0.1, 0.15) is 0 Å². The number of rotatable bonds is 3. The van der Waals surface area contributed by atoms with E-state index in [1.54, 1.807) is 0 Å². The number of piperazine rings is 1. The lowest BCUT2D eigenvalue weighted by molar-refractivity contribution is -0.131. The second-order valence-corrected chi connectivity index (χ2v) is 7.61. The minimum absolute atomic E-state index is 0.206. The van der Waals surface area contributed by atoms with E-state index in [2.05, 4.69) is 67.5 Å². The largest absolute Gasteiger partial charge is 0.358 e. The highest BCUT2D eigenvalue weighted by molar-refractivity contribution is 5.93. The molecule has 1 aliphatic rings. The number of H-pyrrole nitrogens is 1. The molecule has 1 unspecified atom stereocenters. The molecule has 2 aromatic carbocycles. The standard InChI is InChI=1S/C23H27N3O/c1-15-9-10-16(2)23-22(15)19(17(3)25-23)13-21(27)26-12-11-24-20(14-26)18-7-5-4-6-8-18/h4-10,20,24-25H,11-14H2,1-3H3. The van der Waals surface area contributed by atoms with Crippen LogP contribution in [0, 0.1) is 20.8 Å². The number of aryl methyl sites for hydroxylation is 3. The van der Waals surface area contributed by atoms with E-state index in [-0.39, 0.29) is 11.9 Å². The summed E-state index contributed by atoms with van der Waals surface area (Å²) in [5, 5.41) is 4.75. The predicted octanol–water partition coefficient (Wildman–Crippen LogP) is 3.81. The molecule has 1 atom stereocenters. The first-order chi connectivity index (χ1) is 13.0. The van der Waals surface area contributed by atoms with Crippen LogP contribution in [-0.2, 0) is 11.2 Å². The van der Waals surface area contributed by atoms with Crippen molar-refractivity contribution < 1.29 is 4.79 Å². The van der Waals surface area contributed by atoms with Gasteiger partial charge in [-0.2, -0.15) is 0 Å². The van der Waals surface area contributed by atoms with E-state index in [1.165, 1.54) is 22.1 Å². The highest BCUT2D eigenvalue weighted by Crippen LogP contribution is 2.29. The van der Waals surface area contributed by atoms with Crippen LogP contribution in [0.1, 0.15) is 34.0 Å². The maximum atomic E-state index is 13.1. The zero-order valence-corrected chi connectivity index (χ0v) is 16.3. The number of nitrogens with one attached hydrogen (secondary N) is 2. The number of aromatic nitrogens is 1. The summed E-state index contributed by atoms with van der Waals surface area (Å²) in [5.41, 5.74) is 7.10. The number of hydrogen-bond acceptors (Lipinski definition) is 2. The van der Waals surface area contributed by atoms with Gasteiger partial charge in [-0.05, 0) is 43.0 Å². The topological polar surface area (TPSA) is 48.1 Å². The monoisotopic (exact) mass is 361 g/mol. The highest BCUT2D eigenvalue weighted by atomic mass is 16.2. The minimum atomic E-state index is 0.206. The van der Waals surface area contributed by atoms with Crippen molar-refractivity contribution in [1.82, 2.24) is 15.2 Å². The van der Waals surface area contributed by atoms with Crippen molar-refractivity contribution in [3.05, 3.63) is 70.4 Å². The Morgan fingerprint density at radius 3 is 2.59 bits per heavy atom. The molecule has 1 saturated heterocycles. The van der Waals surface area contributed by atoms with Crippen LogP contribution in [-0.4, -0.2) is 35.4 Å². The van der Waals surface area contributed by atoms with E-state index in [9.17, 15) is 4.79 Å². The Labute approximate surface area is 160 Å². The molecular weight excluding hydrogens is 334 g/mol. The quantitative estimate of drug-likeness (QED) is 0.745. The van der Waals surface area contributed by atoms with Gasteiger partial charge in [0.25, 0.3) is 0 Å². The number of carbonyl (C=O) groups is 1. The van der Waals surface area contributed by atoms with Gasteiger partial charge in [-0.15, -0.1) is 0 Å². The van der Waals surface area contributed by atoms with Crippen molar-refractivity contribution in [3.63, 3.8) is 0 Å². The summed E-state index contributed by atoms with van der Waals surface area (Å²) in [7, 11) is 0. The molecule has 0 aliphatic carbocycles. The normalized spacial score (nSPS) is 17.4. The zero-order chi connectivity index (χ0) is 19.0. The van der Waals surface area contributed by atoms with E-state index in [4.69, 9.17) is 0 Å². The predicted molar refractivity (Wildman–Crippen MR) is 110 cm³/mol. The maximum absolute atomic E-state index is 13.1. The van der Waals surface area contributed by atoms with Gasteiger partial charge in [0.2, 0.25) is 5.91 Å². The van der Waals surface area contributed by atoms with E-state index >= 15 is 0 Å². The number of amides is 1. The van der Waals surface area contributed by atoms with Crippen molar-refractivity contribution in [2.45, 2.75) is 33.2 Å². The highest BCUT2D eigenvalue weighted by Gasteiger charge is 2.25. The fraction of sp³-hybridized carbons (Fsp3) is 0.348. The Morgan fingerprint density at radius 2 is 1.81 bits per heavy atom. The average Bonchev–Trinajstić information content (AvgIpc) is 3.03. The SMILES string of the molecule is Cc1[nH]c2c(C)ccc(C)c2c1CC(=O)N1CCNC(c2ccccc2)C1. The Kier molecular flexibility index (Phi) is 4.75. The third-order valence-electron chi connectivity index (χ3n) is 5.75. The van der Waals surface area contributed by atoms with Crippen LogP contribution >= 0.6 is 0 Å². The molecule has 2 heterocycles. The molecule has 0 radical (unpaired) electrons. The van der Waals surface area contributed by atoms with E-state index in [0.717, 1.165) is 36.4 Å². The van der Waals surface area contributed by atoms with Gasteiger partial charge >= 0.3 is 0 Å². The summed E-state index contributed by atoms with van der Waals surface area (Å²) in [6, 6.07) is 14.9. The molecule has 4 nitrogen and oxygen atoms in total. The van der Waals surface area contributed by atoms with Crippen molar-refractivity contribution in [1.29, 1.82) is 0 Å². The molecule has 2 N–H and O–H groups in total. The van der Waals surface area contributed by atoms with Gasteiger partial charge in [0, 0.05) is 42.3 Å². The number of aromatic amines is 1. The fourth-order valence-electron chi connectivity index (χ4n) is 4.18. The number of benzene rings is 2. The molecule has 27 heavy (non-hydrogen) atoms. The first-order valence-corrected chi connectivity index (χ1v) is 9.68. The first kappa shape index (κ1) is 17.8. The van der Waals surface area contributed by atoms with Crippen LogP contribution < -0.4 is 5.32 Å². The fourth-order valence-corrected chi connectivity index (χ4v) is 4.18. The summed E-state index contributed by atoms with van der Waals surface area (Å²) in [6.45, 7) is 8.63. The van der Waals surface area contributed by atoms with Crippen molar-refractivity contribution >= 4 is 16.8 Å². The molecule has 0 spiro atoms. The summed E-state index contributed by atoms with van der Waals surface area (Å²) >= 11 is 0. The molecular formula is C23H27N3O. The molecule has 1 aliphatic heterocycles. The van der Waals surface area contributed by atoms with E-state index in [0.29, 0.717) is 6.42 Å². The molecule has 1 aromatic heterocycles. The van der Waals surface area contributed by atoms with Crippen LogP contribution in [0.25, 0.3) is 10.9 Å². The number of hydrogen-bond donors (Lipinski definition) is 2. The Bertz CT molecular complexity index is 974. The van der Waals surface area contributed by atoms with Gasteiger partial charge in [0.05, 0.1) is 6.42 Å². The van der Waals surface area contributed by atoms with Crippen LogP contribution in [0.3, 0.4) is 0 Å². The molecule has 3 aromatic rings. The Balaban J connectivity index is 1.57. The Morgan fingerprint density at radius 1 is 1.07 bits per heavy atom. The van der Waals surface area contributed by atoms with Crippen LogP contribution in [0.15, 0.2) is 42.5 Å². The van der Waals surface area contributed by atoms with Gasteiger partial charge in [-0.1, -0.05) is 42.5 Å². The lowest BCUT2D eigenvalue weighted by atomic mass is 10.00. The molecule has 0 saturated carbocycles. The van der Waals surface area contributed by atoms with Crippen molar-refractivity contribution in [2.75, 3.05) is 19.6 Å². The van der Waals surface area contributed by atoms with Gasteiger partial charge in [-0.25, -0.2) is 0 Å². The lowest BCUT2D eigenvalue weighted by Gasteiger charge is -2.34. The van der Waals surface area contributed by atoms with Crippen molar-refractivity contribution in [3.8, 4) is 0 Å². The molecule has 0 bridgehead atoms. The van der Waals surface area contributed by atoms with Gasteiger partial charge < -0.3 is 15.2 Å². The minimum Gasteiger partial charge on any atom is -0.358 e. The summed E-state index contributed by atoms with van der Waals surface area (Å²) in [5.74, 6) is 0.210.